The minimum atomic E-state index is 0.505. The Morgan fingerprint density at radius 3 is 2.96 bits per heavy atom. The summed E-state index contributed by atoms with van der Waals surface area (Å²) in [6.07, 6.45) is 5.49. The Kier molecular flexibility index (Phi) is 4.15. The number of benzene rings is 1. The lowest BCUT2D eigenvalue weighted by molar-refractivity contribution is 0.166. The van der Waals surface area contributed by atoms with Crippen molar-refractivity contribution in [2.45, 2.75) is 44.8 Å². The van der Waals surface area contributed by atoms with Crippen LogP contribution in [0.3, 0.4) is 0 Å². The molecule has 2 aliphatic heterocycles. The van der Waals surface area contributed by atoms with Gasteiger partial charge in [0.25, 0.3) is 0 Å². The van der Waals surface area contributed by atoms with Crippen molar-refractivity contribution in [1.29, 1.82) is 0 Å². The SMILES string of the molecule is CCOc1cc(CN2[C@H]3CC[C@@H]2c2cccnc2C3)ccc1OC. The molecule has 1 aromatic heterocycles. The molecule has 24 heavy (non-hydrogen) atoms. The third-order valence-electron chi connectivity index (χ3n) is 5.25. The van der Waals surface area contributed by atoms with Crippen LogP contribution in [0.5, 0.6) is 11.5 Å². The minimum Gasteiger partial charge on any atom is -0.493 e. The third-order valence-corrected chi connectivity index (χ3v) is 5.25. The molecule has 0 radical (unpaired) electrons. The van der Waals surface area contributed by atoms with E-state index < -0.39 is 0 Å². The normalized spacial score (nSPS) is 22.2. The largest absolute Gasteiger partial charge is 0.493 e. The van der Waals surface area contributed by atoms with E-state index in [4.69, 9.17) is 9.47 Å². The standard InChI is InChI=1S/C20H24N2O2/c1-3-24-20-11-14(6-9-19(20)23-2)13-22-15-7-8-18(22)16-5-4-10-21-17(16)12-15/h4-6,9-11,15,18H,3,7-8,12-13H2,1-2H3/t15-,18+/m0/s1. The second-order valence-corrected chi connectivity index (χ2v) is 6.58. The van der Waals surface area contributed by atoms with E-state index in [0.29, 0.717) is 18.7 Å². The number of nitrogens with zero attached hydrogens (tertiary/aromatic N) is 2. The summed E-state index contributed by atoms with van der Waals surface area (Å²) in [7, 11) is 1.69. The van der Waals surface area contributed by atoms with Crippen LogP contribution < -0.4 is 9.47 Å². The number of hydrogen-bond donors (Lipinski definition) is 0. The van der Waals surface area contributed by atoms with E-state index in [9.17, 15) is 0 Å². The summed E-state index contributed by atoms with van der Waals surface area (Å²) < 4.78 is 11.1. The molecule has 1 saturated heterocycles. The lowest BCUT2D eigenvalue weighted by Crippen LogP contribution is -2.37. The molecular formula is C20H24N2O2. The van der Waals surface area contributed by atoms with E-state index in [1.807, 2.05) is 19.2 Å². The molecule has 126 valence electrons. The van der Waals surface area contributed by atoms with Gasteiger partial charge in [0.15, 0.2) is 11.5 Å². The fraction of sp³-hybridized carbons (Fsp3) is 0.450. The maximum atomic E-state index is 5.73. The predicted octanol–water partition coefficient (Wildman–Crippen LogP) is 3.75. The molecule has 2 bridgehead atoms. The van der Waals surface area contributed by atoms with Crippen LogP contribution in [0.25, 0.3) is 0 Å². The molecule has 2 aromatic rings. The van der Waals surface area contributed by atoms with Crippen LogP contribution in [-0.4, -0.2) is 29.6 Å². The average Bonchev–Trinajstić information content (AvgIpc) is 2.88. The van der Waals surface area contributed by atoms with Crippen LogP contribution in [0.15, 0.2) is 36.5 Å². The van der Waals surface area contributed by atoms with Crippen molar-refractivity contribution >= 4 is 0 Å². The van der Waals surface area contributed by atoms with Gasteiger partial charge in [-0.2, -0.15) is 0 Å². The highest BCUT2D eigenvalue weighted by Crippen LogP contribution is 2.44. The highest BCUT2D eigenvalue weighted by Gasteiger charge is 2.40. The second kappa shape index (κ2) is 6.44. The van der Waals surface area contributed by atoms with Crippen LogP contribution in [0.4, 0.5) is 0 Å². The Balaban J connectivity index is 1.59. The molecule has 2 atom stereocenters. The Morgan fingerprint density at radius 1 is 1.21 bits per heavy atom. The Labute approximate surface area is 143 Å². The molecule has 2 aliphatic rings. The zero-order valence-corrected chi connectivity index (χ0v) is 14.4. The van der Waals surface area contributed by atoms with Crippen LogP contribution in [-0.2, 0) is 13.0 Å². The zero-order chi connectivity index (χ0) is 16.5. The number of methoxy groups -OCH3 is 1. The van der Waals surface area contributed by atoms with Gasteiger partial charge in [-0.15, -0.1) is 0 Å². The summed E-state index contributed by atoms with van der Waals surface area (Å²) in [4.78, 5) is 7.24. The van der Waals surface area contributed by atoms with Crippen molar-refractivity contribution in [3.63, 3.8) is 0 Å². The summed E-state index contributed by atoms with van der Waals surface area (Å²) in [6.45, 7) is 3.60. The fourth-order valence-corrected chi connectivity index (χ4v) is 4.18. The summed E-state index contributed by atoms with van der Waals surface area (Å²) >= 11 is 0. The molecule has 3 heterocycles. The smallest absolute Gasteiger partial charge is 0.161 e. The molecule has 1 fully saturated rings. The highest BCUT2D eigenvalue weighted by molar-refractivity contribution is 5.43. The number of ether oxygens (including phenoxy) is 2. The summed E-state index contributed by atoms with van der Waals surface area (Å²) in [5.74, 6) is 1.64. The summed E-state index contributed by atoms with van der Waals surface area (Å²) in [6, 6.07) is 11.7. The maximum Gasteiger partial charge on any atom is 0.161 e. The predicted molar refractivity (Wildman–Crippen MR) is 93.4 cm³/mol. The molecular weight excluding hydrogens is 300 g/mol. The monoisotopic (exact) mass is 324 g/mol. The van der Waals surface area contributed by atoms with Crippen molar-refractivity contribution in [2.24, 2.45) is 0 Å². The first kappa shape index (κ1) is 15.5. The minimum absolute atomic E-state index is 0.505. The van der Waals surface area contributed by atoms with Crippen molar-refractivity contribution in [3.8, 4) is 11.5 Å². The molecule has 0 unspecified atom stereocenters. The van der Waals surface area contributed by atoms with Gasteiger partial charge in [0.2, 0.25) is 0 Å². The molecule has 0 N–H and O–H groups in total. The van der Waals surface area contributed by atoms with E-state index in [0.717, 1.165) is 24.5 Å². The van der Waals surface area contributed by atoms with E-state index in [-0.39, 0.29) is 0 Å². The molecule has 0 saturated carbocycles. The molecule has 4 rings (SSSR count). The van der Waals surface area contributed by atoms with Crippen LogP contribution in [0, 0.1) is 0 Å². The topological polar surface area (TPSA) is 34.6 Å². The van der Waals surface area contributed by atoms with E-state index in [1.165, 1.54) is 29.7 Å². The Hall–Kier alpha value is -2.07. The molecule has 4 nitrogen and oxygen atoms in total. The van der Waals surface area contributed by atoms with Crippen molar-refractivity contribution in [3.05, 3.63) is 53.3 Å². The molecule has 0 amide bonds. The first-order chi connectivity index (χ1) is 11.8. The average molecular weight is 324 g/mol. The van der Waals surface area contributed by atoms with E-state index in [2.05, 4.69) is 34.1 Å². The van der Waals surface area contributed by atoms with Crippen molar-refractivity contribution in [2.75, 3.05) is 13.7 Å². The summed E-state index contributed by atoms with van der Waals surface area (Å²) in [5, 5.41) is 0. The fourth-order valence-electron chi connectivity index (χ4n) is 4.18. The number of aromatic nitrogens is 1. The quantitative estimate of drug-likeness (QED) is 0.839. The van der Waals surface area contributed by atoms with Crippen molar-refractivity contribution < 1.29 is 9.47 Å². The van der Waals surface area contributed by atoms with Gasteiger partial charge in [0.05, 0.1) is 13.7 Å². The van der Waals surface area contributed by atoms with Gasteiger partial charge in [-0.3, -0.25) is 9.88 Å². The third kappa shape index (κ3) is 2.65. The van der Waals surface area contributed by atoms with Gasteiger partial charge in [-0.1, -0.05) is 12.1 Å². The molecule has 0 spiro atoms. The van der Waals surface area contributed by atoms with Gasteiger partial charge in [0, 0.05) is 36.9 Å². The van der Waals surface area contributed by atoms with Crippen LogP contribution in [0.2, 0.25) is 0 Å². The van der Waals surface area contributed by atoms with Gasteiger partial charge < -0.3 is 9.47 Å². The maximum absolute atomic E-state index is 5.73. The Bertz CT molecular complexity index is 731. The number of hydrogen-bond acceptors (Lipinski definition) is 4. The Morgan fingerprint density at radius 2 is 2.12 bits per heavy atom. The van der Waals surface area contributed by atoms with Gasteiger partial charge in [0.1, 0.15) is 0 Å². The molecule has 4 heteroatoms. The second-order valence-electron chi connectivity index (χ2n) is 6.58. The molecule has 1 aromatic carbocycles. The number of rotatable bonds is 5. The summed E-state index contributed by atoms with van der Waals surface area (Å²) in [5.41, 5.74) is 4.00. The van der Waals surface area contributed by atoms with Crippen LogP contribution >= 0.6 is 0 Å². The lowest BCUT2D eigenvalue weighted by Gasteiger charge is -2.35. The van der Waals surface area contributed by atoms with Gasteiger partial charge >= 0.3 is 0 Å². The lowest BCUT2D eigenvalue weighted by atomic mass is 9.97. The molecule has 0 aliphatic carbocycles. The van der Waals surface area contributed by atoms with E-state index >= 15 is 0 Å². The number of fused-ring (bicyclic) bond motifs is 4. The van der Waals surface area contributed by atoms with E-state index in [1.54, 1.807) is 7.11 Å². The number of pyridine rings is 1. The van der Waals surface area contributed by atoms with Gasteiger partial charge in [-0.05, 0) is 49.1 Å². The van der Waals surface area contributed by atoms with Crippen molar-refractivity contribution in [1.82, 2.24) is 9.88 Å². The highest BCUT2D eigenvalue weighted by atomic mass is 16.5. The first-order valence-corrected chi connectivity index (χ1v) is 8.79. The zero-order valence-electron chi connectivity index (χ0n) is 14.4. The van der Waals surface area contributed by atoms with Gasteiger partial charge in [-0.25, -0.2) is 0 Å². The first-order valence-electron chi connectivity index (χ1n) is 8.79. The van der Waals surface area contributed by atoms with Crippen LogP contribution in [0.1, 0.15) is 42.6 Å².